The highest BCUT2D eigenvalue weighted by Gasteiger charge is 2.23. The number of fused-ring (bicyclic) bond motifs is 1. The first-order chi connectivity index (χ1) is 7.78. The van der Waals surface area contributed by atoms with E-state index in [2.05, 4.69) is 28.4 Å². The zero-order valence-electron chi connectivity index (χ0n) is 9.07. The predicted molar refractivity (Wildman–Crippen MR) is 63.0 cm³/mol. The Hall–Kier alpha value is -1.13. The molecule has 1 fully saturated rings. The van der Waals surface area contributed by atoms with Gasteiger partial charge in [-0.3, -0.25) is 0 Å². The second-order valence-corrected chi connectivity index (χ2v) is 4.52. The minimum atomic E-state index is 0.445. The van der Waals surface area contributed by atoms with Gasteiger partial charge in [-0.25, -0.2) is 9.50 Å². The van der Waals surface area contributed by atoms with Gasteiger partial charge in [0.25, 0.3) is 0 Å². The van der Waals surface area contributed by atoms with Gasteiger partial charge in [0.15, 0.2) is 11.5 Å². The van der Waals surface area contributed by atoms with Gasteiger partial charge in [-0.2, -0.15) is 0 Å². The molecule has 0 radical (unpaired) electrons. The molecule has 0 bridgehead atoms. The highest BCUT2D eigenvalue weighted by atomic mass is 35.5. The zero-order valence-corrected chi connectivity index (χ0v) is 9.83. The maximum Gasteiger partial charge on any atom is 0.157 e. The van der Waals surface area contributed by atoms with Crippen LogP contribution in [0.2, 0.25) is 5.15 Å². The number of aryl methyl sites for hydroxylation is 1. The molecule has 0 saturated carbocycles. The Kier molecular flexibility index (Phi) is 2.33. The Bertz CT molecular complexity index is 530. The fourth-order valence-corrected chi connectivity index (χ4v) is 2.13. The quantitative estimate of drug-likeness (QED) is 0.806. The molecular formula is C11H13ClN4. The molecule has 0 aliphatic carbocycles. The molecule has 0 spiro atoms. The lowest BCUT2D eigenvalue weighted by atomic mass is 10.0. The molecule has 4 nitrogen and oxygen atoms in total. The van der Waals surface area contributed by atoms with Gasteiger partial charge in [0.2, 0.25) is 0 Å². The van der Waals surface area contributed by atoms with Crippen LogP contribution >= 0.6 is 11.6 Å². The maximum absolute atomic E-state index is 6.17. The van der Waals surface area contributed by atoms with Crippen LogP contribution in [0.15, 0.2) is 12.1 Å². The van der Waals surface area contributed by atoms with Crippen LogP contribution in [-0.4, -0.2) is 27.7 Å². The molecule has 16 heavy (non-hydrogen) atoms. The van der Waals surface area contributed by atoms with E-state index in [1.165, 1.54) is 5.56 Å². The SMILES string of the molecule is CCc1cc(Cl)n2nc(C3CNC3)nc2c1. The van der Waals surface area contributed by atoms with Crippen molar-refractivity contribution >= 4 is 17.2 Å². The Morgan fingerprint density at radius 2 is 2.31 bits per heavy atom. The number of aromatic nitrogens is 3. The fraction of sp³-hybridized carbons (Fsp3) is 0.455. The van der Waals surface area contributed by atoms with Crippen molar-refractivity contribution in [3.63, 3.8) is 0 Å². The summed E-state index contributed by atoms with van der Waals surface area (Å²) in [5.74, 6) is 1.34. The molecule has 0 aromatic carbocycles. The first-order valence-electron chi connectivity index (χ1n) is 5.53. The van der Waals surface area contributed by atoms with Gasteiger partial charge in [-0.1, -0.05) is 18.5 Å². The Morgan fingerprint density at radius 3 is 2.94 bits per heavy atom. The first-order valence-corrected chi connectivity index (χ1v) is 5.91. The van der Waals surface area contributed by atoms with Crippen molar-refractivity contribution in [3.05, 3.63) is 28.7 Å². The summed E-state index contributed by atoms with van der Waals surface area (Å²) >= 11 is 6.17. The largest absolute Gasteiger partial charge is 0.315 e. The van der Waals surface area contributed by atoms with Gasteiger partial charge in [-0.05, 0) is 24.1 Å². The molecule has 1 aliphatic heterocycles. The van der Waals surface area contributed by atoms with Gasteiger partial charge < -0.3 is 5.32 Å². The van der Waals surface area contributed by atoms with E-state index in [9.17, 15) is 0 Å². The summed E-state index contributed by atoms with van der Waals surface area (Å²) in [6.45, 7) is 4.04. The number of halogens is 1. The molecule has 3 rings (SSSR count). The fourth-order valence-electron chi connectivity index (χ4n) is 1.86. The van der Waals surface area contributed by atoms with Crippen molar-refractivity contribution in [1.82, 2.24) is 19.9 Å². The minimum absolute atomic E-state index is 0.445. The monoisotopic (exact) mass is 236 g/mol. The van der Waals surface area contributed by atoms with E-state index in [-0.39, 0.29) is 0 Å². The van der Waals surface area contributed by atoms with E-state index in [0.717, 1.165) is 31.0 Å². The van der Waals surface area contributed by atoms with Crippen LogP contribution in [0.4, 0.5) is 0 Å². The van der Waals surface area contributed by atoms with Crippen LogP contribution < -0.4 is 5.32 Å². The highest BCUT2D eigenvalue weighted by molar-refractivity contribution is 6.29. The maximum atomic E-state index is 6.17. The Labute approximate surface area is 98.6 Å². The molecule has 5 heteroatoms. The summed E-state index contributed by atoms with van der Waals surface area (Å²) in [7, 11) is 0. The lowest BCUT2D eigenvalue weighted by molar-refractivity contribution is 0.430. The van der Waals surface area contributed by atoms with Crippen molar-refractivity contribution in [2.24, 2.45) is 0 Å². The van der Waals surface area contributed by atoms with Crippen LogP contribution in [0.3, 0.4) is 0 Å². The van der Waals surface area contributed by atoms with E-state index in [0.29, 0.717) is 11.1 Å². The molecular weight excluding hydrogens is 224 g/mol. The number of hydrogen-bond donors (Lipinski definition) is 1. The first kappa shape index (κ1) is 10.1. The molecule has 3 heterocycles. The summed E-state index contributed by atoms with van der Waals surface area (Å²) in [5, 5.41) is 8.30. The lowest BCUT2D eigenvalue weighted by Crippen LogP contribution is -2.40. The number of hydrogen-bond acceptors (Lipinski definition) is 3. The van der Waals surface area contributed by atoms with E-state index >= 15 is 0 Å². The van der Waals surface area contributed by atoms with Gasteiger partial charge in [-0.15, -0.1) is 5.10 Å². The predicted octanol–water partition coefficient (Wildman–Crippen LogP) is 1.63. The van der Waals surface area contributed by atoms with Crippen molar-refractivity contribution in [3.8, 4) is 0 Å². The number of rotatable bonds is 2. The third kappa shape index (κ3) is 1.49. The average molecular weight is 237 g/mol. The molecule has 2 aromatic heterocycles. The number of nitrogens with one attached hydrogen (secondary N) is 1. The summed E-state index contributed by atoms with van der Waals surface area (Å²) in [4.78, 5) is 4.53. The van der Waals surface area contributed by atoms with Crippen LogP contribution in [0.1, 0.15) is 24.2 Å². The molecule has 1 aliphatic rings. The van der Waals surface area contributed by atoms with E-state index in [1.54, 1.807) is 4.52 Å². The molecule has 84 valence electrons. The van der Waals surface area contributed by atoms with Crippen LogP contribution in [0.25, 0.3) is 5.65 Å². The smallest absolute Gasteiger partial charge is 0.157 e. The van der Waals surface area contributed by atoms with Crippen LogP contribution in [0.5, 0.6) is 0 Å². The van der Waals surface area contributed by atoms with E-state index in [4.69, 9.17) is 11.6 Å². The second kappa shape index (κ2) is 3.71. The molecule has 0 unspecified atom stereocenters. The summed E-state index contributed by atoms with van der Waals surface area (Å²) < 4.78 is 1.72. The minimum Gasteiger partial charge on any atom is -0.315 e. The Morgan fingerprint density at radius 1 is 1.50 bits per heavy atom. The highest BCUT2D eigenvalue weighted by Crippen LogP contribution is 2.20. The zero-order chi connectivity index (χ0) is 11.1. The topological polar surface area (TPSA) is 42.2 Å². The van der Waals surface area contributed by atoms with Gasteiger partial charge in [0, 0.05) is 19.0 Å². The average Bonchev–Trinajstić information content (AvgIpc) is 2.58. The van der Waals surface area contributed by atoms with Gasteiger partial charge in [0.1, 0.15) is 5.15 Å². The second-order valence-electron chi connectivity index (χ2n) is 4.14. The van der Waals surface area contributed by atoms with Crippen molar-refractivity contribution in [2.45, 2.75) is 19.3 Å². The summed E-state index contributed by atoms with van der Waals surface area (Å²) in [5.41, 5.74) is 2.05. The van der Waals surface area contributed by atoms with E-state index < -0.39 is 0 Å². The van der Waals surface area contributed by atoms with Crippen LogP contribution in [-0.2, 0) is 6.42 Å². The molecule has 1 N–H and O–H groups in total. The number of nitrogens with zero attached hydrogens (tertiary/aromatic N) is 3. The van der Waals surface area contributed by atoms with Crippen molar-refractivity contribution < 1.29 is 0 Å². The summed E-state index contributed by atoms with van der Waals surface area (Å²) in [6, 6.07) is 4.00. The molecule has 0 amide bonds. The van der Waals surface area contributed by atoms with Crippen molar-refractivity contribution in [1.29, 1.82) is 0 Å². The lowest BCUT2D eigenvalue weighted by Gasteiger charge is -2.23. The van der Waals surface area contributed by atoms with Crippen LogP contribution in [0, 0.1) is 0 Å². The molecule has 0 atom stereocenters. The van der Waals surface area contributed by atoms with Gasteiger partial charge in [0.05, 0.1) is 0 Å². The third-order valence-corrected chi connectivity index (χ3v) is 3.29. The summed E-state index contributed by atoms with van der Waals surface area (Å²) in [6.07, 6.45) is 0.962. The number of pyridine rings is 1. The molecule has 2 aromatic rings. The molecule has 1 saturated heterocycles. The third-order valence-electron chi connectivity index (χ3n) is 3.02. The Balaban J connectivity index is 2.12. The normalized spacial score (nSPS) is 16.6. The standard InChI is InChI=1S/C11H13ClN4/c1-2-7-3-9(12)16-10(4-7)14-11(15-16)8-5-13-6-8/h3-4,8,13H,2,5-6H2,1H3. The van der Waals surface area contributed by atoms with E-state index in [1.807, 2.05) is 6.07 Å². The van der Waals surface area contributed by atoms with Gasteiger partial charge >= 0.3 is 0 Å². The van der Waals surface area contributed by atoms with Crippen molar-refractivity contribution in [2.75, 3.05) is 13.1 Å².